The van der Waals surface area contributed by atoms with Gasteiger partial charge in [-0.25, -0.2) is 0 Å². The lowest BCUT2D eigenvalue weighted by Crippen LogP contribution is -2.49. The highest BCUT2D eigenvalue weighted by atomic mass is 35.5. The van der Waals surface area contributed by atoms with E-state index in [9.17, 15) is 4.79 Å². The molecular formula is C14H26ClNO. The standard InChI is InChI=1S/C14H26ClNO/c1-11(15)14(2,3)16-13(17)10-9-12-7-5-4-6-8-12/h11-12H,4-10H2,1-3H3,(H,16,17). The summed E-state index contributed by atoms with van der Waals surface area (Å²) in [4.78, 5) is 11.8. The van der Waals surface area contributed by atoms with Gasteiger partial charge in [0.05, 0.1) is 10.9 Å². The minimum absolute atomic E-state index is 0.0545. The minimum atomic E-state index is -0.314. The second-order valence-corrected chi connectivity index (χ2v) is 6.58. The van der Waals surface area contributed by atoms with Crippen LogP contribution in [0.15, 0.2) is 0 Å². The van der Waals surface area contributed by atoms with E-state index >= 15 is 0 Å². The maximum atomic E-state index is 11.8. The van der Waals surface area contributed by atoms with Crippen molar-refractivity contribution in [3.05, 3.63) is 0 Å². The highest BCUT2D eigenvalue weighted by Gasteiger charge is 2.26. The van der Waals surface area contributed by atoms with Crippen molar-refractivity contribution in [2.75, 3.05) is 0 Å². The fourth-order valence-electron chi connectivity index (χ4n) is 2.33. The zero-order valence-corrected chi connectivity index (χ0v) is 12.1. The maximum absolute atomic E-state index is 11.8. The van der Waals surface area contributed by atoms with Gasteiger partial charge in [-0.2, -0.15) is 0 Å². The Morgan fingerprint density at radius 2 is 1.94 bits per heavy atom. The maximum Gasteiger partial charge on any atom is 0.220 e. The lowest BCUT2D eigenvalue weighted by atomic mass is 9.86. The van der Waals surface area contributed by atoms with E-state index in [4.69, 9.17) is 11.6 Å². The summed E-state index contributed by atoms with van der Waals surface area (Å²) in [6.07, 6.45) is 8.37. The van der Waals surface area contributed by atoms with Crippen LogP contribution in [0.3, 0.4) is 0 Å². The monoisotopic (exact) mass is 259 g/mol. The van der Waals surface area contributed by atoms with Crippen LogP contribution >= 0.6 is 11.6 Å². The Hall–Kier alpha value is -0.240. The Kier molecular flexibility index (Phi) is 5.78. The zero-order valence-electron chi connectivity index (χ0n) is 11.4. The molecule has 100 valence electrons. The molecule has 1 rings (SSSR count). The minimum Gasteiger partial charge on any atom is -0.350 e. The highest BCUT2D eigenvalue weighted by Crippen LogP contribution is 2.27. The molecule has 17 heavy (non-hydrogen) atoms. The van der Waals surface area contributed by atoms with Crippen LogP contribution < -0.4 is 5.32 Å². The molecular weight excluding hydrogens is 234 g/mol. The Morgan fingerprint density at radius 1 is 1.35 bits per heavy atom. The predicted octanol–water partition coefficient (Wildman–Crippen LogP) is 3.87. The van der Waals surface area contributed by atoms with Crippen molar-refractivity contribution >= 4 is 17.5 Å². The molecule has 1 N–H and O–H groups in total. The van der Waals surface area contributed by atoms with Crippen molar-refractivity contribution in [1.82, 2.24) is 5.32 Å². The Bertz CT molecular complexity index is 245. The number of rotatable bonds is 5. The topological polar surface area (TPSA) is 29.1 Å². The molecule has 0 heterocycles. The van der Waals surface area contributed by atoms with Crippen molar-refractivity contribution in [3.8, 4) is 0 Å². The van der Waals surface area contributed by atoms with Crippen LogP contribution in [-0.2, 0) is 4.79 Å². The van der Waals surface area contributed by atoms with E-state index in [2.05, 4.69) is 5.32 Å². The molecule has 1 aliphatic rings. The van der Waals surface area contributed by atoms with Crippen LogP contribution in [0.5, 0.6) is 0 Å². The third-order valence-electron chi connectivity index (χ3n) is 3.96. The number of carbonyl (C=O) groups is 1. The number of hydrogen-bond acceptors (Lipinski definition) is 1. The molecule has 1 unspecified atom stereocenters. The molecule has 0 spiro atoms. The SMILES string of the molecule is CC(Cl)C(C)(C)NC(=O)CCC1CCCCC1. The van der Waals surface area contributed by atoms with Crippen molar-refractivity contribution in [2.24, 2.45) is 5.92 Å². The Morgan fingerprint density at radius 3 is 2.47 bits per heavy atom. The van der Waals surface area contributed by atoms with Gasteiger partial charge in [-0.15, -0.1) is 11.6 Å². The summed E-state index contributed by atoms with van der Waals surface area (Å²) < 4.78 is 0. The van der Waals surface area contributed by atoms with Gasteiger partial charge in [0.25, 0.3) is 0 Å². The highest BCUT2D eigenvalue weighted by molar-refractivity contribution is 6.21. The molecule has 0 aromatic heterocycles. The average Bonchev–Trinajstić information content (AvgIpc) is 2.27. The fraction of sp³-hybridized carbons (Fsp3) is 0.929. The van der Waals surface area contributed by atoms with Gasteiger partial charge in [0.2, 0.25) is 5.91 Å². The van der Waals surface area contributed by atoms with E-state index in [-0.39, 0.29) is 16.8 Å². The summed E-state index contributed by atoms with van der Waals surface area (Å²) >= 11 is 6.05. The zero-order chi connectivity index (χ0) is 12.9. The van der Waals surface area contributed by atoms with E-state index in [1.54, 1.807) is 0 Å². The molecule has 0 saturated heterocycles. The molecule has 1 fully saturated rings. The number of amides is 1. The van der Waals surface area contributed by atoms with Crippen molar-refractivity contribution < 1.29 is 4.79 Å². The van der Waals surface area contributed by atoms with Crippen molar-refractivity contribution in [2.45, 2.75) is 76.6 Å². The van der Waals surface area contributed by atoms with Crippen LogP contribution in [-0.4, -0.2) is 16.8 Å². The van der Waals surface area contributed by atoms with Gasteiger partial charge in [0, 0.05) is 6.42 Å². The number of nitrogens with one attached hydrogen (secondary N) is 1. The molecule has 1 amide bonds. The molecule has 2 nitrogen and oxygen atoms in total. The van der Waals surface area contributed by atoms with Crippen LogP contribution in [0.1, 0.15) is 65.7 Å². The lowest BCUT2D eigenvalue weighted by Gasteiger charge is -2.29. The summed E-state index contributed by atoms with van der Waals surface area (Å²) in [6.45, 7) is 5.87. The molecule has 0 bridgehead atoms. The third kappa shape index (κ3) is 5.29. The number of carbonyl (C=O) groups excluding carboxylic acids is 1. The first kappa shape index (κ1) is 14.8. The van der Waals surface area contributed by atoms with Crippen LogP contribution in [0.2, 0.25) is 0 Å². The summed E-state index contributed by atoms with van der Waals surface area (Å²) in [5.74, 6) is 0.916. The fourth-order valence-corrected chi connectivity index (χ4v) is 2.39. The van der Waals surface area contributed by atoms with Gasteiger partial charge >= 0.3 is 0 Å². The van der Waals surface area contributed by atoms with E-state index in [0.29, 0.717) is 6.42 Å². The number of alkyl halides is 1. The molecule has 1 saturated carbocycles. The molecule has 3 heteroatoms. The van der Waals surface area contributed by atoms with Crippen LogP contribution in [0.25, 0.3) is 0 Å². The molecule has 0 aliphatic heterocycles. The molecule has 0 aromatic carbocycles. The normalized spacial score (nSPS) is 20.0. The molecule has 0 aromatic rings. The summed E-state index contributed by atoms with van der Waals surface area (Å²) in [5.41, 5.74) is -0.314. The third-order valence-corrected chi connectivity index (χ3v) is 4.51. The van der Waals surface area contributed by atoms with E-state index < -0.39 is 0 Å². The molecule has 1 atom stereocenters. The van der Waals surface area contributed by atoms with Crippen LogP contribution in [0, 0.1) is 5.92 Å². The molecule has 1 aliphatic carbocycles. The first-order valence-corrected chi connectivity index (χ1v) is 7.30. The van der Waals surface area contributed by atoms with Crippen molar-refractivity contribution in [3.63, 3.8) is 0 Å². The van der Waals surface area contributed by atoms with E-state index in [1.807, 2.05) is 20.8 Å². The average molecular weight is 260 g/mol. The van der Waals surface area contributed by atoms with E-state index in [0.717, 1.165) is 12.3 Å². The smallest absolute Gasteiger partial charge is 0.220 e. The van der Waals surface area contributed by atoms with Gasteiger partial charge in [-0.05, 0) is 33.1 Å². The first-order valence-electron chi connectivity index (χ1n) is 6.87. The number of hydrogen-bond donors (Lipinski definition) is 1. The number of halogens is 1. The summed E-state index contributed by atoms with van der Waals surface area (Å²) in [5, 5.41) is 2.97. The Labute approximate surface area is 110 Å². The van der Waals surface area contributed by atoms with Gasteiger partial charge in [0.1, 0.15) is 0 Å². The first-order chi connectivity index (χ1) is 7.92. The van der Waals surface area contributed by atoms with Gasteiger partial charge in [0.15, 0.2) is 0 Å². The predicted molar refractivity (Wildman–Crippen MR) is 73.3 cm³/mol. The van der Waals surface area contributed by atoms with Gasteiger partial charge in [-0.3, -0.25) is 4.79 Å². The quantitative estimate of drug-likeness (QED) is 0.746. The van der Waals surface area contributed by atoms with Crippen molar-refractivity contribution in [1.29, 1.82) is 0 Å². The summed E-state index contributed by atoms with van der Waals surface area (Å²) in [6, 6.07) is 0. The Balaban J connectivity index is 2.25. The van der Waals surface area contributed by atoms with E-state index in [1.165, 1.54) is 32.1 Å². The second-order valence-electron chi connectivity index (χ2n) is 5.93. The van der Waals surface area contributed by atoms with Crippen LogP contribution in [0.4, 0.5) is 0 Å². The van der Waals surface area contributed by atoms with Gasteiger partial charge < -0.3 is 5.32 Å². The molecule has 0 radical (unpaired) electrons. The van der Waals surface area contributed by atoms with Gasteiger partial charge in [-0.1, -0.05) is 32.1 Å². The lowest BCUT2D eigenvalue weighted by molar-refractivity contribution is -0.123. The largest absolute Gasteiger partial charge is 0.350 e. The summed E-state index contributed by atoms with van der Waals surface area (Å²) in [7, 11) is 0. The second kappa shape index (κ2) is 6.63.